The highest BCUT2D eigenvalue weighted by Crippen LogP contribution is 2.40. The van der Waals surface area contributed by atoms with Crippen LogP contribution in [0, 0.1) is 11.3 Å². The third-order valence-corrected chi connectivity index (χ3v) is 4.16. The maximum absolute atomic E-state index is 11.0. The summed E-state index contributed by atoms with van der Waals surface area (Å²) in [6.07, 6.45) is 3.66. The summed E-state index contributed by atoms with van der Waals surface area (Å²) in [6.45, 7) is 7.39. The molecule has 0 radical (unpaired) electrons. The highest BCUT2D eigenvalue weighted by molar-refractivity contribution is 7.90. The van der Waals surface area contributed by atoms with Crippen LogP contribution in [0.15, 0.2) is 0 Å². The van der Waals surface area contributed by atoms with Crippen molar-refractivity contribution >= 4 is 9.84 Å². The third-order valence-electron chi connectivity index (χ3n) is 3.21. The van der Waals surface area contributed by atoms with Gasteiger partial charge in [0.15, 0.2) is 0 Å². The first-order valence-electron chi connectivity index (χ1n) is 5.61. The first-order chi connectivity index (χ1) is 6.70. The van der Waals surface area contributed by atoms with E-state index in [0.29, 0.717) is 23.9 Å². The average molecular weight is 233 g/mol. The molecule has 15 heavy (non-hydrogen) atoms. The fourth-order valence-electron chi connectivity index (χ4n) is 2.60. The van der Waals surface area contributed by atoms with Gasteiger partial charge in [-0.15, -0.1) is 0 Å². The predicted octanol–water partition coefficient (Wildman–Crippen LogP) is 1.45. The van der Waals surface area contributed by atoms with Crippen LogP contribution in [0.5, 0.6) is 0 Å². The molecule has 0 amide bonds. The van der Waals surface area contributed by atoms with Crippen molar-refractivity contribution < 1.29 is 8.42 Å². The molecule has 2 atom stereocenters. The van der Waals surface area contributed by atoms with Gasteiger partial charge in [0.25, 0.3) is 0 Å². The molecule has 4 heteroatoms. The van der Waals surface area contributed by atoms with Gasteiger partial charge in [0.2, 0.25) is 0 Å². The van der Waals surface area contributed by atoms with Gasteiger partial charge in [0.05, 0.1) is 5.75 Å². The van der Waals surface area contributed by atoms with Gasteiger partial charge >= 0.3 is 0 Å². The van der Waals surface area contributed by atoms with Crippen molar-refractivity contribution in [1.82, 2.24) is 5.32 Å². The van der Waals surface area contributed by atoms with E-state index < -0.39 is 9.84 Å². The van der Waals surface area contributed by atoms with E-state index in [-0.39, 0.29) is 5.75 Å². The van der Waals surface area contributed by atoms with E-state index >= 15 is 0 Å². The lowest BCUT2D eigenvalue weighted by atomic mass is 9.91. The minimum atomic E-state index is -2.82. The van der Waals surface area contributed by atoms with Crippen molar-refractivity contribution in [2.45, 2.75) is 39.7 Å². The quantitative estimate of drug-likeness (QED) is 0.799. The maximum atomic E-state index is 11.0. The Kier molecular flexibility index (Phi) is 3.82. The van der Waals surface area contributed by atoms with Gasteiger partial charge in [0.1, 0.15) is 9.84 Å². The Hall–Kier alpha value is -0.0900. The monoisotopic (exact) mass is 233 g/mol. The van der Waals surface area contributed by atoms with Crippen molar-refractivity contribution in [3.63, 3.8) is 0 Å². The van der Waals surface area contributed by atoms with Gasteiger partial charge in [-0.3, -0.25) is 0 Å². The molecule has 0 aromatic rings. The second-order valence-electron chi connectivity index (χ2n) is 5.74. The smallest absolute Gasteiger partial charge is 0.148 e. The fraction of sp³-hybridized carbons (Fsp3) is 1.00. The van der Waals surface area contributed by atoms with Crippen LogP contribution in [0.2, 0.25) is 0 Å². The number of sulfone groups is 1. The van der Waals surface area contributed by atoms with E-state index in [1.165, 1.54) is 12.7 Å². The average Bonchev–Trinajstić information content (AvgIpc) is 2.22. The summed E-state index contributed by atoms with van der Waals surface area (Å²) in [6, 6.07) is 0.488. The van der Waals surface area contributed by atoms with Gasteiger partial charge in [0, 0.05) is 18.8 Å². The Labute approximate surface area is 93.6 Å². The lowest BCUT2D eigenvalue weighted by Gasteiger charge is -2.18. The Balaban J connectivity index is 2.35. The number of nitrogens with one attached hydrogen (secondary N) is 1. The van der Waals surface area contributed by atoms with Crippen LogP contribution in [0.25, 0.3) is 0 Å². The van der Waals surface area contributed by atoms with Crippen molar-refractivity contribution in [3.05, 3.63) is 0 Å². The lowest BCUT2D eigenvalue weighted by molar-refractivity contribution is 0.363. The van der Waals surface area contributed by atoms with E-state index in [1.54, 1.807) is 0 Å². The van der Waals surface area contributed by atoms with Gasteiger partial charge in [-0.1, -0.05) is 20.8 Å². The normalized spacial score (nSPS) is 30.7. The molecule has 3 nitrogen and oxygen atoms in total. The molecule has 0 aromatic heterocycles. The highest BCUT2D eigenvalue weighted by Gasteiger charge is 2.36. The molecule has 1 aliphatic carbocycles. The molecular weight excluding hydrogens is 210 g/mol. The minimum Gasteiger partial charge on any atom is -0.313 e. The van der Waals surface area contributed by atoms with Crippen LogP contribution in [-0.2, 0) is 9.84 Å². The first kappa shape index (κ1) is 13.0. The topological polar surface area (TPSA) is 46.2 Å². The van der Waals surface area contributed by atoms with E-state index in [0.717, 1.165) is 6.42 Å². The van der Waals surface area contributed by atoms with Crippen molar-refractivity contribution in [2.75, 3.05) is 18.6 Å². The zero-order valence-electron chi connectivity index (χ0n) is 10.2. The number of hydrogen-bond donors (Lipinski definition) is 1. The summed E-state index contributed by atoms with van der Waals surface area (Å²) in [7, 11) is -2.82. The molecule has 2 unspecified atom stereocenters. The van der Waals surface area contributed by atoms with Crippen LogP contribution in [-0.4, -0.2) is 33.0 Å². The summed E-state index contributed by atoms with van der Waals surface area (Å²) >= 11 is 0. The molecule has 0 saturated heterocycles. The molecule has 0 heterocycles. The van der Waals surface area contributed by atoms with Crippen LogP contribution < -0.4 is 5.32 Å². The van der Waals surface area contributed by atoms with Crippen molar-refractivity contribution in [3.8, 4) is 0 Å². The van der Waals surface area contributed by atoms with Crippen molar-refractivity contribution in [2.24, 2.45) is 11.3 Å². The molecule has 0 aromatic carbocycles. The Morgan fingerprint density at radius 1 is 1.33 bits per heavy atom. The van der Waals surface area contributed by atoms with E-state index in [2.05, 4.69) is 26.1 Å². The minimum absolute atomic E-state index is 0.247. The number of rotatable bonds is 4. The molecular formula is C11H23NO2S. The summed E-state index contributed by atoms with van der Waals surface area (Å²) in [5.74, 6) is 0.899. The Bertz CT molecular complexity index is 309. The molecule has 0 spiro atoms. The molecule has 0 aliphatic heterocycles. The second kappa shape index (κ2) is 4.42. The van der Waals surface area contributed by atoms with E-state index in [9.17, 15) is 8.42 Å². The maximum Gasteiger partial charge on any atom is 0.148 e. The summed E-state index contributed by atoms with van der Waals surface area (Å²) in [4.78, 5) is 0. The first-order valence-corrected chi connectivity index (χ1v) is 7.67. The summed E-state index contributed by atoms with van der Waals surface area (Å²) in [5.41, 5.74) is 0.405. The molecule has 1 N–H and O–H groups in total. The largest absolute Gasteiger partial charge is 0.313 e. The molecule has 1 saturated carbocycles. The highest BCUT2D eigenvalue weighted by atomic mass is 32.2. The Morgan fingerprint density at radius 2 is 1.93 bits per heavy atom. The summed E-state index contributed by atoms with van der Waals surface area (Å²) in [5, 5.41) is 3.36. The fourth-order valence-corrected chi connectivity index (χ4v) is 3.09. The van der Waals surface area contributed by atoms with E-state index in [4.69, 9.17) is 0 Å². The van der Waals surface area contributed by atoms with E-state index in [1.807, 2.05) is 0 Å². The zero-order valence-corrected chi connectivity index (χ0v) is 11.0. The summed E-state index contributed by atoms with van der Waals surface area (Å²) < 4.78 is 21.9. The Morgan fingerprint density at radius 3 is 2.33 bits per heavy atom. The molecule has 0 bridgehead atoms. The van der Waals surface area contributed by atoms with Gasteiger partial charge in [-0.05, 0) is 24.2 Å². The van der Waals surface area contributed by atoms with Crippen LogP contribution in [0.4, 0.5) is 0 Å². The molecule has 1 aliphatic rings. The second-order valence-corrected chi connectivity index (χ2v) is 8.00. The molecule has 90 valence electrons. The third kappa shape index (κ3) is 4.51. The van der Waals surface area contributed by atoms with Gasteiger partial charge < -0.3 is 5.32 Å². The number of hydrogen-bond acceptors (Lipinski definition) is 3. The van der Waals surface area contributed by atoms with Crippen LogP contribution in [0.3, 0.4) is 0 Å². The lowest BCUT2D eigenvalue weighted by Crippen LogP contribution is -2.35. The zero-order chi connectivity index (χ0) is 11.7. The standard InChI is InChI=1S/C11H23NO2S/c1-9-7-11(2,3)8-10(9)12-5-6-15(4,13)14/h9-10,12H,5-8H2,1-4H3. The SMILES string of the molecule is CC1CC(C)(C)CC1NCCS(C)(=O)=O. The molecule has 1 fully saturated rings. The predicted molar refractivity (Wildman–Crippen MR) is 63.7 cm³/mol. The molecule has 1 rings (SSSR count). The van der Waals surface area contributed by atoms with Gasteiger partial charge in [-0.25, -0.2) is 8.42 Å². The van der Waals surface area contributed by atoms with Gasteiger partial charge in [-0.2, -0.15) is 0 Å². The van der Waals surface area contributed by atoms with Crippen molar-refractivity contribution in [1.29, 1.82) is 0 Å². The van der Waals surface area contributed by atoms with Crippen LogP contribution in [0.1, 0.15) is 33.6 Å². The van der Waals surface area contributed by atoms with Crippen LogP contribution >= 0.6 is 0 Å².